The first kappa shape index (κ1) is 15.2. The van der Waals surface area contributed by atoms with Crippen molar-refractivity contribution in [3.63, 3.8) is 0 Å². The Hall–Kier alpha value is -0.170. The molecule has 1 aromatic rings. The zero-order chi connectivity index (χ0) is 13.9. The third-order valence-electron chi connectivity index (χ3n) is 3.10. The highest BCUT2D eigenvalue weighted by Gasteiger charge is 2.31. The van der Waals surface area contributed by atoms with Crippen molar-refractivity contribution in [2.45, 2.75) is 42.9 Å². The Morgan fingerprint density at radius 2 is 2.00 bits per heavy atom. The van der Waals surface area contributed by atoms with Gasteiger partial charge in [0.25, 0.3) is 0 Å². The van der Waals surface area contributed by atoms with E-state index < -0.39 is 10.0 Å². The van der Waals surface area contributed by atoms with Gasteiger partial charge in [-0.25, -0.2) is 13.1 Å². The van der Waals surface area contributed by atoms with Crippen LogP contribution >= 0.6 is 21.6 Å². The van der Waals surface area contributed by atoms with Gasteiger partial charge in [0.05, 0.1) is 4.90 Å². The third kappa shape index (κ3) is 3.90. The summed E-state index contributed by atoms with van der Waals surface area (Å²) in [5.74, 6) is 0.848. The predicted octanol–water partition coefficient (Wildman–Crippen LogP) is 3.21. The summed E-state index contributed by atoms with van der Waals surface area (Å²) in [7, 11) is 0.173. The van der Waals surface area contributed by atoms with Gasteiger partial charge in [0.1, 0.15) is 0 Å². The van der Waals surface area contributed by atoms with E-state index in [-0.39, 0.29) is 6.04 Å². The summed E-state index contributed by atoms with van der Waals surface area (Å²) >= 11 is 0. The molecular formula is C13H19NO2S3. The molecule has 1 N–H and O–H groups in total. The zero-order valence-electron chi connectivity index (χ0n) is 11.1. The molecule has 0 aromatic heterocycles. The van der Waals surface area contributed by atoms with Crippen molar-refractivity contribution in [3.8, 4) is 0 Å². The van der Waals surface area contributed by atoms with Crippen LogP contribution in [0.2, 0.25) is 0 Å². The molecule has 0 spiro atoms. The molecule has 0 radical (unpaired) electrons. The second-order valence-corrected chi connectivity index (χ2v) is 9.11. The Balaban J connectivity index is 2.10. The Bertz CT molecular complexity index is 513. The molecule has 3 nitrogen and oxygen atoms in total. The monoisotopic (exact) mass is 317 g/mol. The van der Waals surface area contributed by atoms with Crippen molar-refractivity contribution in [2.75, 3.05) is 5.75 Å². The van der Waals surface area contributed by atoms with Crippen LogP contribution in [0.15, 0.2) is 29.2 Å². The van der Waals surface area contributed by atoms with Crippen molar-refractivity contribution < 1.29 is 8.42 Å². The van der Waals surface area contributed by atoms with Gasteiger partial charge in [-0.15, -0.1) is 0 Å². The van der Waals surface area contributed by atoms with Crippen LogP contribution in [0.4, 0.5) is 0 Å². The van der Waals surface area contributed by atoms with Crippen LogP contribution in [-0.2, 0) is 10.0 Å². The number of hydrogen-bond acceptors (Lipinski definition) is 4. The molecule has 2 rings (SSSR count). The Labute approximate surface area is 123 Å². The van der Waals surface area contributed by atoms with Gasteiger partial charge in [-0.1, -0.05) is 52.6 Å². The number of sulfonamides is 1. The summed E-state index contributed by atoms with van der Waals surface area (Å²) < 4.78 is 27.5. The second kappa shape index (κ2) is 6.52. The number of benzene rings is 1. The fourth-order valence-electron chi connectivity index (χ4n) is 2.00. The first-order valence-electron chi connectivity index (χ1n) is 6.40. The van der Waals surface area contributed by atoms with Gasteiger partial charge < -0.3 is 0 Å². The first-order valence-corrected chi connectivity index (χ1v) is 10.3. The second-order valence-electron chi connectivity index (χ2n) is 4.75. The number of hydrogen-bond donors (Lipinski definition) is 1. The fourth-order valence-corrected chi connectivity index (χ4v) is 6.83. The lowest BCUT2D eigenvalue weighted by molar-refractivity contribution is 0.548. The van der Waals surface area contributed by atoms with E-state index in [1.54, 1.807) is 33.7 Å². The molecule has 0 bridgehead atoms. The molecule has 1 heterocycles. The van der Waals surface area contributed by atoms with Gasteiger partial charge >= 0.3 is 0 Å². The molecule has 19 heavy (non-hydrogen) atoms. The third-order valence-corrected chi connectivity index (χ3v) is 7.61. The van der Waals surface area contributed by atoms with Crippen molar-refractivity contribution in [1.82, 2.24) is 4.72 Å². The van der Waals surface area contributed by atoms with Crippen molar-refractivity contribution in [1.29, 1.82) is 0 Å². The number of nitrogens with one attached hydrogen (secondary N) is 1. The van der Waals surface area contributed by atoms with Crippen LogP contribution < -0.4 is 4.72 Å². The maximum Gasteiger partial charge on any atom is 0.240 e. The molecule has 106 valence electrons. The normalized spacial score (nSPS) is 23.7. The van der Waals surface area contributed by atoms with Gasteiger partial charge in [-0.3, -0.25) is 0 Å². The lowest BCUT2D eigenvalue weighted by atomic mass is 10.1. The summed E-state index contributed by atoms with van der Waals surface area (Å²) in [5, 5.41) is 0.384. The van der Waals surface area contributed by atoms with E-state index in [4.69, 9.17) is 0 Å². The van der Waals surface area contributed by atoms with E-state index in [0.717, 1.165) is 24.2 Å². The van der Waals surface area contributed by atoms with Crippen LogP contribution in [0.25, 0.3) is 0 Å². The van der Waals surface area contributed by atoms with E-state index in [0.29, 0.717) is 10.1 Å². The minimum Gasteiger partial charge on any atom is -0.207 e. The average Bonchev–Trinajstić information content (AvgIpc) is 2.77. The van der Waals surface area contributed by atoms with Crippen LogP contribution in [0, 0.1) is 6.92 Å². The molecule has 0 amide bonds. The van der Waals surface area contributed by atoms with Crippen LogP contribution in [0.5, 0.6) is 0 Å². The molecular weight excluding hydrogens is 298 g/mol. The van der Waals surface area contributed by atoms with E-state index in [1.165, 1.54) is 0 Å². The number of aryl methyl sites for hydroxylation is 1. The Morgan fingerprint density at radius 3 is 2.63 bits per heavy atom. The standard InChI is InChI=1S/C13H19NO2S3/c1-3-4-13-12(9-17-18-13)14-19(15,16)11-7-5-10(2)6-8-11/h5-8,12-14H,3-4,9H2,1-2H3/t12-,13+/m0/s1. The summed E-state index contributed by atoms with van der Waals surface area (Å²) in [5.41, 5.74) is 1.06. The molecule has 0 unspecified atom stereocenters. The molecule has 1 aromatic carbocycles. The fraction of sp³-hybridized carbons (Fsp3) is 0.538. The molecule has 6 heteroatoms. The van der Waals surface area contributed by atoms with Gasteiger partial charge in [0.15, 0.2) is 0 Å². The summed E-state index contributed by atoms with van der Waals surface area (Å²) in [4.78, 5) is 0.357. The van der Waals surface area contributed by atoms with Crippen LogP contribution in [-0.4, -0.2) is 25.5 Å². The summed E-state index contributed by atoms with van der Waals surface area (Å²) in [6, 6.07) is 7.04. The SMILES string of the molecule is CCC[C@H]1SSC[C@@H]1NS(=O)(=O)c1ccc(C)cc1. The van der Waals surface area contributed by atoms with Crippen molar-refractivity contribution in [3.05, 3.63) is 29.8 Å². The van der Waals surface area contributed by atoms with Crippen LogP contribution in [0.1, 0.15) is 25.3 Å². The van der Waals surface area contributed by atoms with E-state index in [9.17, 15) is 8.42 Å². The lowest BCUT2D eigenvalue weighted by Gasteiger charge is -2.18. The molecule has 2 atom stereocenters. The highest BCUT2D eigenvalue weighted by molar-refractivity contribution is 8.77. The van der Waals surface area contributed by atoms with Crippen LogP contribution in [0.3, 0.4) is 0 Å². The maximum atomic E-state index is 12.3. The Kier molecular flexibility index (Phi) is 5.22. The van der Waals surface area contributed by atoms with E-state index in [2.05, 4.69) is 11.6 Å². The van der Waals surface area contributed by atoms with Gasteiger partial charge in [0.2, 0.25) is 10.0 Å². The predicted molar refractivity (Wildman–Crippen MR) is 84.0 cm³/mol. The first-order chi connectivity index (χ1) is 9.03. The van der Waals surface area contributed by atoms with E-state index in [1.807, 2.05) is 19.1 Å². The average molecular weight is 318 g/mol. The molecule has 1 aliphatic heterocycles. The topological polar surface area (TPSA) is 46.2 Å². The molecule has 0 saturated carbocycles. The smallest absolute Gasteiger partial charge is 0.207 e. The van der Waals surface area contributed by atoms with E-state index >= 15 is 0 Å². The largest absolute Gasteiger partial charge is 0.240 e. The Morgan fingerprint density at radius 1 is 1.32 bits per heavy atom. The minimum atomic E-state index is -3.39. The molecule has 0 aliphatic carbocycles. The molecule has 1 fully saturated rings. The summed E-state index contributed by atoms with van der Waals surface area (Å²) in [6.07, 6.45) is 2.14. The number of rotatable bonds is 5. The molecule has 1 aliphatic rings. The van der Waals surface area contributed by atoms with Gasteiger partial charge in [-0.05, 0) is 25.5 Å². The highest BCUT2D eigenvalue weighted by Crippen LogP contribution is 2.40. The van der Waals surface area contributed by atoms with Crippen molar-refractivity contribution >= 4 is 31.6 Å². The van der Waals surface area contributed by atoms with Gasteiger partial charge in [0, 0.05) is 17.0 Å². The zero-order valence-corrected chi connectivity index (χ0v) is 13.6. The highest BCUT2D eigenvalue weighted by atomic mass is 33.1. The quantitative estimate of drug-likeness (QED) is 0.847. The summed E-state index contributed by atoms with van der Waals surface area (Å²) in [6.45, 7) is 4.08. The van der Waals surface area contributed by atoms with Gasteiger partial charge in [-0.2, -0.15) is 0 Å². The van der Waals surface area contributed by atoms with Crippen molar-refractivity contribution in [2.24, 2.45) is 0 Å². The lowest BCUT2D eigenvalue weighted by Crippen LogP contribution is -2.40. The minimum absolute atomic E-state index is 0.0428. The molecule has 1 saturated heterocycles. The maximum absolute atomic E-state index is 12.3.